The number of carbonyl (C=O) groups is 2. The first-order valence-electron chi connectivity index (χ1n) is 10.5. The number of phenolic OH excluding ortho intramolecular Hbond substituents is 1. The highest BCUT2D eigenvalue weighted by Gasteiger charge is 2.22. The molecule has 0 saturated heterocycles. The molecule has 9 nitrogen and oxygen atoms in total. The van der Waals surface area contributed by atoms with Crippen LogP contribution in [0.25, 0.3) is 10.8 Å². The van der Waals surface area contributed by atoms with E-state index in [9.17, 15) is 23.1 Å². The Bertz CT molecular complexity index is 1740. The van der Waals surface area contributed by atoms with Crippen LogP contribution in [0.15, 0.2) is 70.0 Å². The molecule has 12 heteroatoms. The van der Waals surface area contributed by atoms with E-state index in [0.717, 1.165) is 23.0 Å². The van der Waals surface area contributed by atoms with Crippen LogP contribution in [-0.2, 0) is 9.84 Å². The Morgan fingerprint density at radius 2 is 1.84 bits per heavy atom. The summed E-state index contributed by atoms with van der Waals surface area (Å²) in [5.41, 5.74) is 3.62. The first kappa shape index (κ1) is 25.8. The molecule has 1 heterocycles. The number of carbonyl (C=O) groups excluding carboxylic acids is 2. The van der Waals surface area contributed by atoms with Gasteiger partial charge in [0.15, 0.2) is 9.84 Å². The third-order valence-corrected chi connectivity index (χ3v) is 8.13. The number of phenols is 1. The number of fused-ring (bicyclic) bond motifs is 1. The van der Waals surface area contributed by atoms with Gasteiger partial charge in [0.25, 0.3) is 11.8 Å². The number of benzene rings is 3. The number of nitriles is 1. The lowest BCUT2D eigenvalue weighted by molar-refractivity contribution is 0.0954. The van der Waals surface area contributed by atoms with E-state index in [1.807, 2.05) is 6.07 Å². The van der Waals surface area contributed by atoms with Crippen molar-refractivity contribution in [3.63, 3.8) is 0 Å². The number of rotatable bonds is 6. The smallest absolute Gasteiger partial charge is 0.271 e. The second-order valence-corrected chi connectivity index (χ2v) is 11.0. The Labute approximate surface area is 220 Å². The number of hydrogen-bond donors (Lipinski definition) is 3. The van der Waals surface area contributed by atoms with Gasteiger partial charge in [0, 0.05) is 33.8 Å². The average Bonchev–Trinajstić information content (AvgIpc) is 3.27. The van der Waals surface area contributed by atoms with E-state index in [1.165, 1.54) is 29.8 Å². The number of anilines is 1. The Morgan fingerprint density at radius 3 is 2.51 bits per heavy atom. The lowest BCUT2D eigenvalue weighted by atomic mass is 10.0. The minimum Gasteiger partial charge on any atom is -0.507 e. The molecule has 4 rings (SSSR count). The number of nitrogens with one attached hydrogen (secondary N) is 2. The largest absolute Gasteiger partial charge is 0.507 e. The molecule has 0 bridgehead atoms. The zero-order valence-corrected chi connectivity index (χ0v) is 21.4. The molecule has 0 unspecified atom stereocenters. The molecule has 0 aliphatic heterocycles. The molecule has 0 aliphatic carbocycles. The predicted molar refractivity (Wildman–Crippen MR) is 142 cm³/mol. The summed E-state index contributed by atoms with van der Waals surface area (Å²) < 4.78 is 23.7. The van der Waals surface area contributed by atoms with E-state index in [4.69, 9.17) is 16.9 Å². The highest BCUT2D eigenvalue weighted by molar-refractivity contribution is 7.91. The lowest BCUT2D eigenvalue weighted by Gasteiger charge is -2.10. The second-order valence-electron chi connectivity index (χ2n) is 7.76. The molecule has 186 valence electrons. The van der Waals surface area contributed by atoms with Crippen LogP contribution in [0.4, 0.5) is 5.69 Å². The molecule has 37 heavy (non-hydrogen) atoms. The van der Waals surface area contributed by atoms with Gasteiger partial charge in [-0.25, -0.2) is 13.8 Å². The van der Waals surface area contributed by atoms with Gasteiger partial charge in [0.1, 0.15) is 16.7 Å². The lowest BCUT2D eigenvalue weighted by Crippen LogP contribution is -2.17. The zero-order chi connectivity index (χ0) is 26.7. The van der Waals surface area contributed by atoms with Gasteiger partial charge in [-0.15, -0.1) is 11.3 Å². The highest BCUT2D eigenvalue weighted by Crippen LogP contribution is 2.33. The Balaban J connectivity index is 1.57. The van der Waals surface area contributed by atoms with Gasteiger partial charge in [0.05, 0.1) is 21.7 Å². The molecule has 0 aliphatic rings. The molecule has 0 saturated carbocycles. The minimum atomic E-state index is -3.57. The predicted octanol–water partition coefficient (Wildman–Crippen LogP) is 4.55. The number of thiophene rings is 1. The monoisotopic (exact) mass is 552 g/mol. The van der Waals surface area contributed by atoms with Gasteiger partial charge >= 0.3 is 0 Å². The van der Waals surface area contributed by atoms with E-state index in [-0.39, 0.29) is 31.7 Å². The van der Waals surface area contributed by atoms with Gasteiger partial charge in [-0.2, -0.15) is 10.4 Å². The molecular weight excluding hydrogens is 536 g/mol. The maximum absolute atomic E-state index is 12.9. The standard InChI is InChI=1S/C25H17ClN4O5S2/c1-37(34,35)21-13-36-23(22(21)26)25(33)29-19-8-6-15(17-4-2-3-5-18(17)19)12-28-30-24(32)14-7-9-20(31)16(10-14)11-27/h2-10,12-13,31H,1H3,(H,29,33)(H,30,32)/b28-12+. The number of amides is 2. The van der Waals surface area contributed by atoms with Gasteiger partial charge in [0.2, 0.25) is 0 Å². The van der Waals surface area contributed by atoms with Crippen molar-refractivity contribution in [1.82, 2.24) is 5.43 Å². The van der Waals surface area contributed by atoms with Gasteiger partial charge in [-0.3, -0.25) is 9.59 Å². The van der Waals surface area contributed by atoms with Gasteiger partial charge in [-0.1, -0.05) is 41.9 Å². The number of hydrogen-bond acceptors (Lipinski definition) is 8. The van der Waals surface area contributed by atoms with Crippen molar-refractivity contribution in [2.45, 2.75) is 4.90 Å². The van der Waals surface area contributed by atoms with Crippen molar-refractivity contribution in [2.75, 3.05) is 11.6 Å². The Kier molecular flexibility index (Phi) is 7.26. The topological polar surface area (TPSA) is 149 Å². The molecular formula is C25H17ClN4O5S2. The van der Waals surface area contributed by atoms with Crippen molar-refractivity contribution in [1.29, 1.82) is 5.26 Å². The van der Waals surface area contributed by atoms with Crippen LogP contribution in [0.3, 0.4) is 0 Å². The molecule has 3 aromatic carbocycles. The quantitative estimate of drug-likeness (QED) is 0.236. The Hall–Kier alpha value is -4.24. The number of sulfone groups is 1. The molecule has 3 N–H and O–H groups in total. The summed E-state index contributed by atoms with van der Waals surface area (Å²) in [4.78, 5) is 25.2. The maximum atomic E-state index is 12.9. The molecule has 0 fully saturated rings. The number of halogens is 1. The molecule has 1 aromatic heterocycles. The summed E-state index contributed by atoms with van der Waals surface area (Å²) in [6.45, 7) is 0. The van der Waals surface area contributed by atoms with Crippen molar-refractivity contribution in [2.24, 2.45) is 5.10 Å². The summed E-state index contributed by atoms with van der Waals surface area (Å²) in [5, 5.41) is 28.0. The van der Waals surface area contributed by atoms with E-state index in [2.05, 4.69) is 15.8 Å². The summed E-state index contributed by atoms with van der Waals surface area (Å²) in [5.74, 6) is -1.34. The van der Waals surface area contributed by atoms with Gasteiger partial charge < -0.3 is 10.4 Å². The summed E-state index contributed by atoms with van der Waals surface area (Å²) in [6, 6.07) is 16.2. The van der Waals surface area contributed by atoms with Crippen molar-refractivity contribution in [3.8, 4) is 11.8 Å². The van der Waals surface area contributed by atoms with E-state index < -0.39 is 21.7 Å². The second kappa shape index (κ2) is 10.4. The SMILES string of the molecule is CS(=O)(=O)c1csc(C(=O)Nc2ccc(/C=N/NC(=O)c3ccc(O)c(C#N)c3)c3ccccc23)c1Cl. The number of hydrazone groups is 1. The van der Waals surface area contributed by atoms with Crippen LogP contribution in [0.5, 0.6) is 5.75 Å². The van der Waals surface area contributed by atoms with Crippen LogP contribution in [0.1, 0.15) is 31.2 Å². The fraction of sp³-hybridized carbons (Fsp3) is 0.0400. The summed E-state index contributed by atoms with van der Waals surface area (Å²) in [6.07, 6.45) is 2.46. The van der Waals surface area contributed by atoms with E-state index in [0.29, 0.717) is 16.6 Å². The van der Waals surface area contributed by atoms with E-state index >= 15 is 0 Å². The molecule has 2 amide bonds. The van der Waals surface area contributed by atoms with Crippen LogP contribution < -0.4 is 10.7 Å². The van der Waals surface area contributed by atoms with Crippen LogP contribution in [-0.4, -0.2) is 37.8 Å². The van der Waals surface area contributed by atoms with Crippen LogP contribution >= 0.6 is 22.9 Å². The minimum absolute atomic E-state index is 0.0309. The first-order valence-corrected chi connectivity index (χ1v) is 13.6. The maximum Gasteiger partial charge on any atom is 0.271 e. The van der Waals surface area contributed by atoms with Crippen molar-refractivity contribution < 1.29 is 23.1 Å². The molecule has 4 aromatic rings. The van der Waals surface area contributed by atoms with Crippen molar-refractivity contribution in [3.05, 3.63) is 86.6 Å². The summed E-state index contributed by atoms with van der Waals surface area (Å²) >= 11 is 7.09. The van der Waals surface area contributed by atoms with Gasteiger partial charge in [-0.05, 0) is 29.7 Å². The number of nitrogens with zero attached hydrogens (tertiary/aromatic N) is 2. The molecule has 0 atom stereocenters. The third kappa shape index (κ3) is 5.46. The van der Waals surface area contributed by atoms with Crippen LogP contribution in [0.2, 0.25) is 5.02 Å². The third-order valence-electron chi connectivity index (χ3n) is 5.26. The van der Waals surface area contributed by atoms with Crippen LogP contribution in [0, 0.1) is 11.3 Å². The number of aromatic hydroxyl groups is 1. The van der Waals surface area contributed by atoms with E-state index in [1.54, 1.807) is 36.4 Å². The first-order chi connectivity index (χ1) is 17.6. The Morgan fingerprint density at radius 1 is 1.11 bits per heavy atom. The zero-order valence-electron chi connectivity index (χ0n) is 19.0. The fourth-order valence-electron chi connectivity index (χ4n) is 3.45. The highest BCUT2D eigenvalue weighted by atomic mass is 35.5. The normalized spacial score (nSPS) is 11.4. The molecule has 0 radical (unpaired) electrons. The average molecular weight is 553 g/mol. The molecule has 0 spiro atoms. The fourth-order valence-corrected chi connectivity index (χ4v) is 6.26. The summed E-state index contributed by atoms with van der Waals surface area (Å²) in [7, 11) is -3.57. The van der Waals surface area contributed by atoms with Crippen molar-refractivity contribution >= 4 is 67.3 Å².